The molecule has 2 aliphatic carbocycles. The van der Waals surface area contributed by atoms with Gasteiger partial charge in [-0.05, 0) is 30.7 Å². The molecule has 11 heteroatoms. The number of hydrogen-bond acceptors (Lipinski definition) is 5. The molecule has 0 unspecified atom stereocenters. The van der Waals surface area contributed by atoms with E-state index >= 15 is 0 Å². The molecule has 3 fully saturated rings. The number of nitrogens with zero attached hydrogens (tertiary/aromatic N) is 4. The molecule has 0 aromatic carbocycles. The smallest absolute Gasteiger partial charge is 0.269 e. The van der Waals surface area contributed by atoms with E-state index in [9.17, 15) is 14.4 Å². The van der Waals surface area contributed by atoms with Crippen molar-refractivity contribution in [2.24, 2.45) is 23.5 Å². The summed E-state index contributed by atoms with van der Waals surface area (Å²) in [6.07, 6.45) is 4.62. The van der Waals surface area contributed by atoms with Crippen molar-refractivity contribution in [3.63, 3.8) is 0 Å². The summed E-state index contributed by atoms with van der Waals surface area (Å²) in [5.41, 5.74) is 6.06. The molecule has 0 bridgehead atoms. The van der Waals surface area contributed by atoms with Gasteiger partial charge in [-0.25, -0.2) is 0 Å². The number of likely N-dealkylation sites (tertiary alicyclic amines) is 1. The summed E-state index contributed by atoms with van der Waals surface area (Å²) in [4.78, 5) is 43.5. The Kier molecular flexibility index (Phi) is 4.67. The van der Waals surface area contributed by atoms with Crippen LogP contribution in [0.15, 0.2) is 18.5 Å². The van der Waals surface area contributed by atoms with E-state index in [0.717, 1.165) is 6.42 Å². The third-order valence-electron chi connectivity index (χ3n) is 6.86. The van der Waals surface area contributed by atoms with Crippen LogP contribution >= 0.6 is 23.2 Å². The van der Waals surface area contributed by atoms with Crippen molar-refractivity contribution in [1.82, 2.24) is 25.0 Å². The van der Waals surface area contributed by atoms with Gasteiger partial charge in [0, 0.05) is 30.1 Å². The number of nitrogens with two attached hydrogens (primary N) is 1. The largest absolute Gasteiger partial charge is 0.364 e. The van der Waals surface area contributed by atoms with E-state index in [0.29, 0.717) is 29.8 Å². The van der Waals surface area contributed by atoms with Gasteiger partial charge < -0.3 is 16.0 Å². The first-order valence-electron chi connectivity index (χ1n) is 10.3. The number of rotatable bonds is 6. The average molecular weight is 465 g/mol. The molecule has 2 aromatic rings. The maximum Gasteiger partial charge on any atom is 0.269 e. The van der Waals surface area contributed by atoms with E-state index in [1.165, 1.54) is 17.1 Å². The van der Waals surface area contributed by atoms with Crippen LogP contribution in [-0.2, 0) is 16.1 Å². The molecule has 2 saturated carbocycles. The zero-order valence-corrected chi connectivity index (χ0v) is 18.3. The number of amides is 3. The quantitative estimate of drug-likeness (QED) is 0.618. The van der Waals surface area contributed by atoms with Crippen molar-refractivity contribution in [1.29, 1.82) is 0 Å². The summed E-state index contributed by atoms with van der Waals surface area (Å²) in [6, 6.07) is 1.18. The summed E-state index contributed by atoms with van der Waals surface area (Å²) in [5, 5.41) is 7.68. The normalized spacial score (nSPS) is 30.2. The number of alkyl halides is 2. The number of primary amides is 1. The van der Waals surface area contributed by atoms with E-state index in [-0.39, 0.29) is 41.9 Å². The molecule has 5 atom stereocenters. The summed E-state index contributed by atoms with van der Waals surface area (Å²) < 4.78 is 0.630. The molecule has 3 amide bonds. The SMILES string of the molecule is C[C@H]1[C@@H](CNC(=O)[C@@H]2C[C@H]3C[C@H]3N2C(=O)Cn2nc(C(N)=O)c3ccncc32)C1(Cl)Cl. The van der Waals surface area contributed by atoms with Crippen LogP contribution < -0.4 is 11.1 Å². The number of aromatic nitrogens is 3. The number of halogens is 2. The highest BCUT2D eigenvalue weighted by Gasteiger charge is 2.60. The lowest BCUT2D eigenvalue weighted by Crippen LogP contribution is -2.49. The first-order chi connectivity index (χ1) is 14.7. The summed E-state index contributed by atoms with van der Waals surface area (Å²) in [6.45, 7) is 2.23. The first-order valence-corrected chi connectivity index (χ1v) is 11.0. The highest BCUT2D eigenvalue weighted by molar-refractivity contribution is 6.51. The molecule has 164 valence electrons. The lowest BCUT2D eigenvalue weighted by Gasteiger charge is -2.27. The van der Waals surface area contributed by atoms with Crippen LogP contribution in [0.1, 0.15) is 30.3 Å². The lowest BCUT2D eigenvalue weighted by molar-refractivity contribution is -0.140. The Morgan fingerprint density at radius 1 is 1.32 bits per heavy atom. The first kappa shape index (κ1) is 20.5. The van der Waals surface area contributed by atoms with E-state index in [2.05, 4.69) is 15.4 Å². The summed E-state index contributed by atoms with van der Waals surface area (Å²) >= 11 is 12.3. The second-order valence-electron chi connectivity index (χ2n) is 8.69. The maximum atomic E-state index is 13.2. The molecular weight excluding hydrogens is 443 g/mol. The molecular formula is C20H22Cl2N6O3. The second kappa shape index (κ2) is 7.06. The number of nitrogens with one attached hydrogen (secondary N) is 1. The van der Waals surface area contributed by atoms with Gasteiger partial charge in [0.05, 0.1) is 11.7 Å². The number of pyridine rings is 1. The molecule has 2 aromatic heterocycles. The minimum Gasteiger partial charge on any atom is -0.364 e. The lowest BCUT2D eigenvalue weighted by atomic mass is 10.1. The van der Waals surface area contributed by atoms with Crippen LogP contribution in [0, 0.1) is 17.8 Å². The van der Waals surface area contributed by atoms with Crippen LogP contribution in [-0.4, -0.2) is 60.3 Å². The van der Waals surface area contributed by atoms with E-state index in [1.54, 1.807) is 11.0 Å². The number of carbonyl (C=O) groups excluding carboxylic acids is 3. The van der Waals surface area contributed by atoms with Crippen molar-refractivity contribution in [2.75, 3.05) is 6.54 Å². The Morgan fingerprint density at radius 3 is 2.74 bits per heavy atom. The molecule has 0 spiro atoms. The molecule has 1 saturated heterocycles. The highest BCUT2D eigenvalue weighted by atomic mass is 35.5. The van der Waals surface area contributed by atoms with E-state index in [1.807, 2.05) is 6.92 Å². The van der Waals surface area contributed by atoms with Gasteiger partial charge in [-0.3, -0.25) is 24.0 Å². The zero-order valence-electron chi connectivity index (χ0n) is 16.8. The Hall–Kier alpha value is -2.39. The Balaban J connectivity index is 1.31. The molecule has 0 radical (unpaired) electrons. The minimum absolute atomic E-state index is 0.00929. The van der Waals surface area contributed by atoms with Crippen LogP contribution in [0.25, 0.3) is 10.9 Å². The van der Waals surface area contributed by atoms with Gasteiger partial charge in [-0.15, -0.1) is 23.2 Å². The zero-order chi connectivity index (χ0) is 22.1. The average Bonchev–Trinajstić information content (AvgIpc) is 3.44. The van der Waals surface area contributed by atoms with Crippen molar-refractivity contribution < 1.29 is 14.4 Å². The number of hydrogen-bond donors (Lipinski definition) is 2. The Labute approximate surface area is 188 Å². The number of fused-ring (bicyclic) bond motifs is 2. The Morgan fingerprint density at radius 2 is 2.06 bits per heavy atom. The summed E-state index contributed by atoms with van der Waals surface area (Å²) in [7, 11) is 0. The highest BCUT2D eigenvalue weighted by Crippen LogP contribution is 2.58. The predicted molar refractivity (Wildman–Crippen MR) is 113 cm³/mol. The third kappa shape index (κ3) is 3.34. The van der Waals surface area contributed by atoms with Crippen LogP contribution in [0.4, 0.5) is 0 Å². The number of carbonyl (C=O) groups is 3. The molecule has 1 aliphatic heterocycles. The maximum absolute atomic E-state index is 13.2. The van der Waals surface area contributed by atoms with E-state index in [4.69, 9.17) is 28.9 Å². The van der Waals surface area contributed by atoms with Gasteiger partial charge in [0.2, 0.25) is 11.8 Å². The molecule has 3 N–H and O–H groups in total. The van der Waals surface area contributed by atoms with Crippen LogP contribution in [0.3, 0.4) is 0 Å². The number of piperidine rings is 1. The molecule has 5 rings (SSSR count). The fourth-order valence-electron chi connectivity index (χ4n) is 4.78. The monoisotopic (exact) mass is 464 g/mol. The van der Waals surface area contributed by atoms with Gasteiger partial charge >= 0.3 is 0 Å². The van der Waals surface area contributed by atoms with Gasteiger partial charge in [0.1, 0.15) is 16.9 Å². The molecule has 3 heterocycles. The summed E-state index contributed by atoms with van der Waals surface area (Å²) in [5.74, 6) is -0.613. The van der Waals surface area contributed by atoms with Gasteiger partial charge in [-0.1, -0.05) is 6.92 Å². The van der Waals surface area contributed by atoms with Crippen LogP contribution in [0.5, 0.6) is 0 Å². The predicted octanol–water partition coefficient (Wildman–Crippen LogP) is 1.08. The molecule has 9 nitrogen and oxygen atoms in total. The van der Waals surface area contributed by atoms with Gasteiger partial charge in [0.15, 0.2) is 5.69 Å². The van der Waals surface area contributed by atoms with Crippen molar-refractivity contribution in [3.05, 3.63) is 24.2 Å². The van der Waals surface area contributed by atoms with Crippen molar-refractivity contribution in [2.45, 2.75) is 42.7 Å². The third-order valence-corrected chi connectivity index (χ3v) is 8.11. The Bertz CT molecular complexity index is 1100. The standard InChI is InChI=1S/C20H22Cl2N6O3/c1-9-12(20(9,21)22)6-25-19(31)14-5-10-4-13(10)28(14)16(29)8-27-15-7-24-3-2-11(15)17(26-27)18(23)30/h2-3,7,9-10,12-14H,4-6,8H2,1H3,(H2,23,30)(H,25,31)/t9-,10+,12+,13+,14-/m0/s1. The van der Waals surface area contributed by atoms with Gasteiger partial charge in [0.25, 0.3) is 5.91 Å². The minimum atomic E-state index is -0.798. The van der Waals surface area contributed by atoms with Crippen molar-refractivity contribution >= 4 is 51.8 Å². The van der Waals surface area contributed by atoms with Crippen LogP contribution in [0.2, 0.25) is 0 Å². The second-order valence-corrected chi connectivity index (χ2v) is 10.1. The van der Waals surface area contributed by atoms with Gasteiger partial charge in [-0.2, -0.15) is 5.10 Å². The fraction of sp³-hybridized carbons (Fsp3) is 0.550. The molecule has 31 heavy (non-hydrogen) atoms. The van der Waals surface area contributed by atoms with Crippen molar-refractivity contribution in [3.8, 4) is 0 Å². The topological polar surface area (TPSA) is 123 Å². The molecule has 3 aliphatic rings. The fourth-order valence-corrected chi connectivity index (χ4v) is 5.49. The van der Waals surface area contributed by atoms with E-state index < -0.39 is 16.3 Å².